The fourth-order valence-electron chi connectivity index (χ4n) is 6.98. The van der Waals surface area contributed by atoms with Crippen LogP contribution in [0.5, 0.6) is 0 Å². The van der Waals surface area contributed by atoms with E-state index in [1.54, 1.807) is 34.6 Å². The van der Waals surface area contributed by atoms with Crippen LogP contribution >= 0.6 is 0 Å². The third-order valence-corrected chi connectivity index (χ3v) is 9.28. The van der Waals surface area contributed by atoms with Crippen molar-refractivity contribution >= 4 is 29.6 Å². The zero-order valence-corrected chi connectivity index (χ0v) is 28.3. The van der Waals surface area contributed by atoms with Gasteiger partial charge < -0.3 is 35.8 Å². The number of aromatic nitrogens is 3. The molecule has 1 saturated carbocycles. The van der Waals surface area contributed by atoms with Gasteiger partial charge in [0.25, 0.3) is 5.91 Å². The number of ketones is 1. The van der Waals surface area contributed by atoms with E-state index >= 15 is 0 Å². The normalized spacial score (nSPS) is 25.0. The molecule has 1 aromatic rings. The minimum Gasteiger partial charge on any atom is -0.444 e. The number of aliphatic hydroxyl groups is 1. The highest BCUT2D eigenvalue weighted by atomic mass is 16.6. The van der Waals surface area contributed by atoms with E-state index in [2.05, 4.69) is 20.9 Å². The fraction of sp³-hybridized carbons (Fsp3) is 0.781. The summed E-state index contributed by atoms with van der Waals surface area (Å²) in [6, 6.07) is -2.67. The van der Waals surface area contributed by atoms with Crippen molar-refractivity contribution in [1.82, 2.24) is 30.5 Å². The van der Waals surface area contributed by atoms with Crippen molar-refractivity contribution in [3.63, 3.8) is 0 Å². The second kappa shape index (κ2) is 14.7. The van der Waals surface area contributed by atoms with Crippen LogP contribution in [0.15, 0.2) is 6.20 Å². The molecular weight excluding hydrogens is 610 g/mol. The lowest BCUT2D eigenvalue weighted by molar-refractivity contribution is -0.145. The average Bonchev–Trinajstić information content (AvgIpc) is 3.59. The van der Waals surface area contributed by atoms with Crippen molar-refractivity contribution in [2.24, 2.45) is 11.7 Å². The van der Waals surface area contributed by atoms with E-state index in [0.29, 0.717) is 25.1 Å². The van der Waals surface area contributed by atoms with Gasteiger partial charge >= 0.3 is 6.09 Å². The molecule has 4 atom stereocenters. The van der Waals surface area contributed by atoms with E-state index in [-0.39, 0.29) is 38.3 Å². The maximum Gasteiger partial charge on any atom is 0.408 e. The van der Waals surface area contributed by atoms with Crippen LogP contribution in [-0.4, -0.2) is 97.6 Å². The van der Waals surface area contributed by atoms with Crippen molar-refractivity contribution in [1.29, 1.82) is 0 Å². The smallest absolute Gasteiger partial charge is 0.408 e. The van der Waals surface area contributed by atoms with Gasteiger partial charge in [-0.15, -0.1) is 5.10 Å². The van der Waals surface area contributed by atoms with Crippen molar-refractivity contribution in [2.45, 2.75) is 134 Å². The molecule has 5 N–H and O–H groups in total. The molecule has 15 heteroatoms. The van der Waals surface area contributed by atoms with Gasteiger partial charge in [0.05, 0.1) is 17.9 Å². The first kappa shape index (κ1) is 36.2. The number of carbonyl (C=O) groups excluding carboxylic acids is 5. The number of hydrogen-bond donors (Lipinski definition) is 4. The molecule has 2 saturated heterocycles. The lowest BCUT2D eigenvalue weighted by Crippen LogP contribution is -2.62. The fourth-order valence-corrected chi connectivity index (χ4v) is 6.98. The van der Waals surface area contributed by atoms with Crippen molar-refractivity contribution in [2.75, 3.05) is 19.8 Å². The van der Waals surface area contributed by atoms with Gasteiger partial charge in [-0.05, 0) is 59.8 Å². The molecule has 0 radical (unpaired) electrons. The molecule has 0 bridgehead atoms. The Balaban J connectivity index is 1.69. The van der Waals surface area contributed by atoms with Crippen molar-refractivity contribution in [3.8, 4) is 0 Å². The molecule has 2 aliphatic heterocycles. The number of nitrogens with zero attached hydrogens (tertiary/aromatic N) is 4. The number of hydrogen-bond acceptors (Lipinski definition) is 10. The molecule has 15 nitrogen and oxygen atoms in total. The number of ether oxygens (including phenoxy) is 2. The van der Waals surface area contributed by atoms with Crippen LogP contribution in [0.25, 0.3) is 0 Å². The molecule has 1 aliphatic carbocycles. The summed E-state index contributed by atoms with van der Waals surface area (Å²) in [6.07, 6.45) is 6.73. The maximum absolute atomic E-state index is 14.5. The number of rotatable bonds is 10. The standard InChI is InChI=1S/C32H51N7O8/c1-30(2,3)47-29(44)35-22(16-20-10-7-6-8-11-20)28(43)38-19-21(39-24(18-34-37-39)31(4,5)45)17-23(38)27(42)36-32(25(40)26(33)41)12-9-14-46-15-13-32/h18,20-23,45H,6-17,19H2,1-5H3,(H2,33,41)(H,35,44)(H,36,42)/t21-,22+,23-,32?/m0/s1. The molecule has 1 aromatic heterocycles. The average molecular weight is 662 g/mol. The highest BCUT2D eigenvalue weighted by molar-refractivity contribution is 6.39. The summed E-state index contributed by atoms with van der Waals surface area (Å²) >= 11 is 0. The van der Waals surface area contributed by atoms with Crippen LogP contribution in [0.3, 0.4) is 0 Å². The van der Waals surface area contributed by atoms with Gasteiger partial charge in [-0.2, -0.15) is 0 Å². The predicted octanol–water partition coefficient (Wildman–Crippen LogP) is 1.62. The van der Waals surface area contributed by atoms with E-state index in [1.807, 2.05) is 0 Å². The highest BCUT2D eigenvalue weighted by Crippen LogP contribution is 2.34. The number of likely N-dealkylation sites (tertiary alicyclic amines) is 1. The van der Waals surface area contributed by atoms with Gasteiger partial charge in [-0.3, -0.25) is 19.2 Å². The Morgan fingerprint density at radius 3 is 2.43 bits per heavy atom. The number of primary amides is 1. The minimum atomic E-state index is -1.59. The number of carbonyl (C=O) groups is 5. The molecule has 47 heavy (non-hydrogen) atoms. The first-order valence-electron chi connectivity index (χ1n) is 16.7. The first-order valence-corrected chi connectivity index (χ1v) is 16.7. The lowest BCUT2D eigenvalue weighted by Gasteiger charge is -2.35. The number of Topliss-reactive ketones (excluding diaryl/α,β-unsaturated/α-hetero) is 1. The van der Waals surface area contributed by atoms with E-state index < -0.39 is 64.5 Å². The van der Waals surface area contributed by atoms with Crippen LogP contribution in [0.4, 0.5) is 4.79 Å². The second-order valence-electron chi connectivity index (χ2n) is 14.7. The van der Waals surface area contributed by atoms with E-state index in [0.717, 1.165) is 32.1 Å². The Bertz CT molecular complexity index is 1300. The molecule has 1 unspecified atom stereocenters. The van der Waals surface area contributed by atoms with Crippen LogP contribution in [-0.2, 0) is 34.3 Å². The Labute approximate surface area is 275 Å². The van der Waals surface area contributed by atoms with E-state index in [4.69, 9.17) is 15.2 Å². The summed E-state index contributed by atoms with van der Waals surface area (Å²) in [6.45, 7) is 8.87. The summed E-state index contributed by atoms with van der Waals surface area (Å²) in [5.41, 5.74) is 2.11. The molecule has 3 heterocycles. The molecule has 3 fully saturated rings. The molecule has 4 amide bonds. The van der Waals surface area contributed by atoms with Gasteiger partial charge in [-0.1, -0.05) is 37.3 Å². The molecule has 3 aliphatic rings. The minimum absolute atomic E-state index is 0.0143. The summed E-state index contributed by atoms with van der Waals surface area (Å²) in [4.78, 5) is 68.5. The molecule has 262 valence electrons. The van der Waals surface area contributed by atoms with Gasteiger partial charge in [0, 0.05) is 32.6 Å². The number of alkyl carbamates (subject to hydrolysis) is 1. The van der Waals surface area contributed by atoms with Crippen LogP contribution < -0.4 is 16.4 Å². The summed E-state index contributed by atoms with van der Waals surface area (Å²) in [7, 11) is 0. The molecule has 0 aromatic carbocycles. The molecule has 0 spiro atoms. The summed E-state index contributed by atoms with van der Waals surface area (Å²) < 4.78 is 12.5. The lowest BCUT2D eigenvalue weighted by atomic mass is 9.84. The quantitative estimate of drug-likeness (QED) is 0.266. The Hall–Kier alpha value is -3.59. The third kappa shape index (κ3) is 9.06. The first-order chi connectivity index (χ1) is 22.0. The van der Waals surface area contributed by atoms with Crippen LogP contribution in [0, 0.1) is 5.92 Å². The van der Waals surface area contributed by atoms with Gasteiger partial charge in [0.1, 0.15) is 28.8 Å². The molecule has 4 rings (SSSR count). The Kier molecular flexibility index (Phi) is 11.3. The topological polar surface area (TPSA) is 208 Å². The highest BCUT2D eigenvalue weighted by Gasteiger charge is 2.49. The summed E-state index contributed by atoms with van der Waals surface area (Å²) in [5, 5.41) is 24.6. The zero-order valence-electron chi connectivity index (χ0n) is 28.3. The van der Waals surface area contributed by atoms with Crippen molar-refractivity contribution < 1.29 is 38.6 Å². The zero-order chi connectivity index (χ0) is 34.6. The van der Waals surface area contributed by atoms with E-state index in [9.17, 15) is 29.1 Å². The maximum atomic E-state index is 14.5. The Morgan fingerprint density at radius 2 is 1.79 bits per heavy atom. The number of nitrogens with two attached hydrogens (primary N) is 1. The second-order valence-corrected chi connectivity index (χ2v) is 14.7. The predicted molar refractivity (Wildman–Crippen MR) is 169 cm³/mol. The SMILES string of the molecule is CC(C)(C)OC(=O)N[C@H](CC1CCCCC1)C(=O)N1C[C@@H](n2nncc2C(C)(C)O)C[C@H]1C(=O)NC1(C(=O)C(N)=O)CCCOCC1. The van der Waals surface area contributed by atoms with Crippen molar-refractivity contribution in [3.05, 3.63) is 11.9 Å². The van der Waals surface area contributed by atoms with Gasteiger partial charge in [0.15, 0.2) is 0 Å². The Morgan fingerprint density at radius 1 is 1.09 bits per heavy atom. The number of amides is 4. The third-order valence-electron chi connectivity index (χ3n) is 9.28. The van der Waals surface area contributed by atoms with Gasteiger partial charge in [0.2, 0.25) is 17.6 Å². The van der Waals surface area contributed by atoms with E-state index in [1.165, 1.54) is 15.8 Å². The monoisotopic (exact) mass is 661 g/mol. The number of nitrogens with one attached hydrogen (secondary N) is 2. The molecular formula is C32H51N7O8. The van der Waals surface area contributed by atoms with Crippen LogP contribution in [0.2, 0.25) is 0 Å². The summed E-state index contributed by atoms with van der Waals surface area (Å²) in [5.74, 6) is -3.02. The van der Waals surface area contributed by atoms with Crippen LogP contribution in [0.1, 0.15) is 111 Å². The van der Waals surface area contributed by atoms with Gasteiger partial charge in [-0.25, -0.2) is 9.48 Å². The largest absolute Gasteiger partial charge is 0.444 e.